The van der Waals surface area contributed by atoms with Crippen molar-refractivity contribution < 1.29 is 9.53 Å². The van der Waals surface area contributed by atoms with Crippen molar-refractivity contribution in [3.8, 4) is 0 Å². The standard InChI is InChI=1S/C11H16O2/c1-5-10-8(4)6-9(7(2)3)11(12)13-10/h5,8,10H,1,6H2,2-4H3. The summed E-state index contributed by atoms with van der Waals surface area (Å²) in [5.74, 6) is 0.170. The van der Waals surface area contributed by atoms with Crippen molar-refractivity contribution in [1.29, 1.82) is 0 Å². The SMILES string of the molecule is C=CC1OC(=O)C(=C(C)C)CC1C. The zero-order chi connectivity index (χ0) is 10.0. The summed E-state index contributed by atoms with van der Waals surface area (Å²) in [4.78, 5) is 11.4. The fourth-order valence-corrected chi connectivity index (χ4v) is 1.52. The van der Waals surface area contributed by atoms with E-state index in [0.717, 1.165) is 17.6 Å². The van der Waals surface area contributed by atoms with Gasteiger partial charge in [0.25, 0.3) is 0 Å². The quantitative estimate of drug-likeness (QED) is 0.352. The lowest BCUT2D eigenvalue weighted by atomic mass is 9.91. The minimum absolute atomic E-state index is 0.115. The van der Waals surface area contributed by atoms with E-state index in [1.807, 2.05) is 13.8 Å². The van der Waals surface area contributed by atoms with Crippen LogP contribution in [0.25, 0.3) is 0 Å². The molecule has 72 valence electrons. The molecule has 1 rings (SSSR count). The van der Waals surface area contributed by atoms with E-state index in [4.69, 9.17) is 4.74 Å². The molecule has 0 N–H and O–H groups in total. The molecule has 1 aliphatic rings. The molecular weight excluding hydrogens is 164 g/mol. The minimum Gasteiger partial charge on any atom is -0.454 e. The second-order valence-electron chi connectivity index (χ2n) is 3.77. The zero-order valence-corrected chi connectivity index (χ0v) is 8.46. The van der Waals surface area contributed by atoms with Gasteiger partial charge in [0.15, 0.2) is 0 Å². The first kappa shape index (κ1) is 10.0. The highest BCUT2D eigenvalue weighted by Gasteiger charge is 2.29. The van der Waals surface area contributed by atoms with E-state index in [-0.39, 0.29) is 12.1 Å². The summed E-state index contributed by atoms with van der Waals surface area (Å²) in [5.41, 5.74) is 1.88. The van der Waals surface area contributed by atoms with Gasteiger partial charge in [-0.2, -0.15) is 0 Å². The molecule has 1 fully saturated rings. The predicted molar refractivity (Wildman–Crippen MR) is 52.2 cm³/mol. The fraction of sp³-hybridized carbons (Fsp3) is 0.545. The number of allylic oxidation sites excluding steroid dienone is 1. The summed E-state index contributed by atoms with van der Waals surface area (Å²) in [6, 6.07) is 0. The largest absolute Gasteiger partial charge is 0.454 e. The van der Waals surface area contributed by atoms with Crippen molar-refractivity contribution in [1.82, 2.24) is 0 Å². The van der Waals surface area contributed by atoms with E-state index in [9.17, 15) is 4.79 Å². The molecule has 0 radical (unpaired) electrons. The first-order valence-corrected chi connectivity index (χ1v) is 4.56. The van der Waals surface area contributed by atoms with Gasteiger partial charge in [-0.3, -0.25) is 0 Å². The molecule has 1 aliphatic heterocycles. The van der Waals surface area contributed by atoms with Crippen LogP contribution in [0.4, 0.5) is 0 Å². The number of carbonyl (C=O) groups is 1. The topological polar surface area (TPSA) is 26.3 Å². The normalized spacial score (nSPS) is 28.2. The monoisotopic (exact) mass is 180 g/mol. The molecule has 0 aromatic heterocycles. The van der Waals surface area contributed by atoms with Gasteiger partial charge in [-0.1, -0.05) is 25.2 Å². The molecule has 0 aromatic carbocycles. The van der Waals surface area contributed by atoms with Crippen LogP contribution < -0.4 is 0 Å². The molecule has 2 unspecified atom stereocenters. The molecule has 0 amide bonds. The lowest BCUT2D eigenvalue weighted by Crippen LogP contribution is -2.31. The summed E-state index contributed by atoms with van der Waals surface area (Å²) in [5, 5.41) is 0. The molecule has 13 heavy (non-hydrogen) atoms. The third-order valence-electron chi connectivity index (χ3n) is 2.41. The van der Waals surface area contributed by atoms with Gasteiger partial charge in [0.1, 0.15) is 6.10 Å². The van der Waals surface area contributed by atoms with Gasteiger partial charge in [0.05, 0.1) is 0 Å². The van der Waals surface area contributed by atoms with Gasteiger partial charge in [-0.05, 0) is 20.3 Å². The Kier molecular flexibility index (Phi) is 2.91. The number of hydrogen-bond acceptors (Lipinski definition) is 2. The van der Waals surface area contributed by atoms with Crippen LogP contribution in [0.5, 0.6) is 0 Å². The molecule has 0 saturated carbocycles. The Morgan fingerprint density at radius 2 is 2.23 bits per heavy atom. The van der Waals surface area contributed by atoms with Crippen LogP contribution in [-0.4, -0.2) is 12.1 Å². The molecule has 1 heterocycles. The second kappa shape index (κ2) is 3.77. The van der Waals surface area contributed by atoms with Crippen molar-refractivity contribution in [3.63, 3.8) is 0 Å². The Labute approximate surface area is 79.3 Å². The third-order valence-corrected chi connectivity index (χ3v) is 2.41. The van der Waals surface area contributed by atoms with Crippen molar-refractivity contribution in [3.05, 3.63) is 23.8 Å². The van der Waals surface area contributed by atoms with E-state index < -0.39 is 0 Å². The molecule has 0 aliphatic carbocycles. The van der Waals surface area contributed by atoms with Gasteiger partial charge in [-0.15, -0.1) is 0 Å². The maximum Gasteiger partial charge on any atom is 0.334 e. The van der Waals surface area contributed by atoms with E-state index in [0.29, 0.717) is 5.92 Å². The Morgan fingerprint density at radius 3 is 2.69 bits per heavy atom. The summed E-state index contributed by atoms with van der Waals surface area (Å²) < 4.78 is 5.21. The maximum absolute atomic E-state index is 11.4. The van der Waals surface area contributed by atoms with E-state index in [1.54, 1.807) is 6.08 Å². The summed E-state index contributed by atoms with van der Waals surface area (Å²) in [7, 11) is 0. The van der Waals surface area contributed by atoms with Crippen LogP contribution in [0.15, 0.2) is 23.8 Å². The van der Waals surface area contributed by atoms with Crippen LogP contribution >= 0.6 is 0 Å². The highest BCUT2D eigenvalue weighted by molar-refractivity contribution is 5.90. The maximum atomic E-state index is 11.4. The molecular formula is C11H16O2. The Morgan fingerprint density at radius 1 is 1.62 bits per heavy atom. The molecule has 2 atom stereocenters. The summed E-state index contributed by atoms with van der Waals surface area (Å²) in [6.45, 7) is 9.60. The summed E-state index contributed by atoms with van der Waals surface area (Å²) in [6.07, 6.45) is 2.39. The second-order valence-corrected chi connectivity index (χ2v) is 3.77. The number of ether oxygens (including phenoxy) is 1. The molecule has 0 spiro atoms. The average molecular weight is 180 g/mol. The molecule has 2 nitrogen and oxygen atoms in total. The lowest BCUT2D eigenvalue weighted by Gasteiger charge is -2.28. The van der Waals surface area contributed by atoms with Gasteiger partial charge in [0.2, 0.25) is 0 Å². The molecule has 0 bridgehead atoms. The van der Waals surface area contributed by atoms with Crippen molar-refractivity contribution in [2.75, 3.05) is 0 Å². The van der Waals surface area contributed by atoms with Crippen LogP contribution in [0.2, 0.25) is 0 Å². The molecule has 2 heteroatoms. The lowest BCUT2D eigenvalue weighted by molar-refractivity contribution is -0.147. The van der Waals surface area contributed by atoms with Crippen molar-refractivity contribution in [2.45, 2.75) is 33.3 Å². The number of hydrogen-bond donors (Lipinski definition) is 0. The van der Waals surface area contributed by atoms with Crippen molar-refractivity contribution >= 4 is 5.97 Å². The van der Waals surface area contributed by atoms with Crippen LogP contribution in [0.3, 0.4) is 0 Å². The van der Waals surface area contributed by atoms with E-state index >= 15 is 0 Å². The Bertz CT molecular complexity index is 259. The van der Waals surface area contributed by atoms with Gasteiger partial charge >= 0.3 is 5.97 Å². The van der Waals surface area contributed by atoms with E-state index in [2.05, 4.69) is 13.5 Å². The highest BCUT2D eigenvalue weighted by atomic mass is 16.5. The molecule has 0 aromatic rings. The first-order valence-electron chi connectivity index (χ1n) is 4.56. The predicted octanol–water partition coefficient (Wildman–Crippen LogP) is 2.46. The first-order chi connectivity index (χ1) is 6.06. The van der Waals surface area contributed by atoms with Gasteiger partial charge in [0, 0.05) is 11.5 Å². The number of esters is 1. The van der Waals surface area contributed by atoms with Crippen LogP contribution in [0, 0.1) is 5.92 Å². The Balaban J connectivity index is 2.85. The van der Waals surface area contributed by atoms with Gasteiger partial charge < -0.3 is 4.74 Å². The molecule has 1 saturated heterocycles. The zero-order valence-electron chi connectivity index (χ0n) is 8.46. The van der Waals surface area contributed by atoms with Crippen LogP contribution in [-0.2, 0) is 9.53 Å². The van der Waals surface area contributed by atoms with Crippen molar-refractivity contribution in [2.24, 2.45) is 5.92 Å². The van der Waals surface area contributed by atoms with Crippen LogP contribution in [0.1, 0.15) is 27.2 Å². The average Bonchev–Trinajstić information content (AvgIpc) is 2.07. The summed E-state index contributed by atoms with van der Waals surface area (Å²) >= 11 is 0. The number of carbonyl (C=O) groups excluding carboxylic acids is 1. The smallest absolute Gasteiger partial charge is 0.334 e. The minimum atomic E-state index is -0.178. The fourth-order valence-electron chi connectivity index (χ4n) is 1.52. The van der Waals surface area contributed by atoms with Gasteiger partial charge in [-0.25, -0.2) is 4.79 Å². The number of cyclic esters (lactones) is 1. The third kappa shape index (κ3) is 2.00. The van der Waals surface area contributed by atoms with E-state index in [1.165, 1.54) is 0 Å². The number of rotatable bonds is 1. The highest BCUT2D eigenvalue weighted by Crippen LogP contribution is 2.27. The Hall–Kier alpha value is -1.05.